The second-order valence-electron chi connectivity index (χ2n) is 7.82. The molecule has 2 heterocycles. The van der Waals surface area contributed by atoms with Gasteiger partial charge in [-0.2, -0.15) is 4.98 Å². The van der Waals surface area contributed by atoms with Crippen LogP contribution in [0, 0.1) is 29.6 Å². The first-order valence-corrected chi connectivity index (χ1v) is 9.93. The molecule has 8 heteroatoms. The second kappa shape index (κ2) is 6.19. The molecule has 0 saturated heterocycles. The van der Waals surface area contributed by atoms with Gasteiger partial charge in [-0.3, -0.25) is 9.59 Å². The standard InChI is InChI=1S/C19H21ClN4O3/c1-2-27-18(26)15-10-4-5-11(13-7-12(10)13)16(15)21-17-14-6-3-9(8-25)24(14)23-19(20)22-17/h3,6,8,10-13,15-16H,2,4-5,7H2,1H3,(H,21,22,23)/t10-,11+,12?,13?,15-,16-/m0/s1. The topological polar surface area (TPSA) is 85.6 Å². The predicted molar refractivity (Wildman–Crippen MR) is 98.7 cm³/mol. The minimum absolute atomic E-state index is 0.0316. The number of hydrogen-bond donors (Lipinski definition) is 1. The first kappa shape index (κ1) is 17.0. The Hall–Kier alpha value is -2.15. The zero-order valence-electron chi connectivity index (χ0n) is 15.0. The molecular formula is C19H21ClN4O3. The highest BCUT2D eigenvalue weighted by Crippen LogP contribution is 2.64. The van der Waals surface area contributed by atoms with Gasteiger partial charge in [0.15, 0.2) is 12.1 Å². The van der Waals surface area contributed by atoms with Gasteiger partial charge in [-0.1, -0.05) is 0 Å². The number of halogens is 1. The smallest absolute Gasteiger partial charge is 0.311 e. The van der Waals surface area contributed by atoms with Gasteiger partial charge in [-0.15, -0.1) is 5.10 Å². The van der Waals surface area contributed by atoms with E-state index in [2.05, 4.69) is 15.4 Å². The molecule has 4 saturated carbocycles. The molecule has 142 valence electrons. The average Bonchev–Trinajstić information content (AvgIpc) is 3.38. The van der Waals surface area contributed by atoms with Crippen molar-refractivity contribution in [1.82, 2.24) is 14.6 Å². The third kappa shape index (κ3) is 2.55. The highest BCUT2D eigenvalue weighted by atomic mass is 35.5. The van der Waals surface area contributed by atoms with E-state index in [0.29, 0.717) is 47.3 Å². The lowest BCUT2D eigenvalue weighted by molar-refractivity contribution is -0.155. The summed E-state index contributed by atoms with van der Waals surface area (Å²) in [5.74, 6) is 2.45. The second-order valence-corrected chi connectivity index (χ2v) is 8.16. The molecule has 27 heavy (non-hydrogen) atoms. The van der Waals surface area contributed by atoms with Gasteiger partial charge in [-0.05, 0) is 73.6 Å². The predicted octanol–water partition coefficient (Wildman–Crippen LogP) is 2.83. The maximum Gasteiger partial charge on any atom is 0.311 e. The molecule has 1 N–H and O–H groups in total. The molecule has 4 fully saturated rings. The molecule has 2 aromatic rings. The molecule has 0 spiro atoms. The number of fused-ring (bicyclic) bond motifs is 3. The summed E-state index contributed by atoms with van der Waals surface area (Å²) in [5.41, 5.74) is 1.09. The van der Waals surface area contributed by atoms with Crippen molar-refractivity contribution in [2.75, 3.05) is 11.9 Å². The zero-order valence-corrected chi connectivity index (χ0v) is 15.7. The number of aldehydes is 1. The average molecular weight is 389 g/mol. The normalized spacial score (nSPS) is 33.6. The SMILES string of the molecule is CCOC(=O)[C@@H]1[C@@H](Nc2nc(Cl)nn3c(C=O)ccc23)[C@@H]2CC[C@H]1C1CC12. The van der Waals surface area contributed by atoms with Gasteiger partial charge in [-0.25, -0.2) is 4.52 Å². The van der Waals surface area contributed by atoms with E-state index in [-0.39, 0.29) is 23.2 Å². The van der Waals surface area contributed by atoms with E-state index in [1.54, 1.807) is 12.1 Å². The molecule has 4 aliphatic rings. The number of hydrogen-bond acceptors (Lipinski definition) is 6. The van der Waals surface area contributed by atoms with Gasteiger partial charge in [0.1, 0.15) is 11.2 Å². The number of carbonyl (C=O) groups is 2. The lowest BCUT2D eigenvalue weighted by atomic mass is 9.61. The van der Waals surface area contributed by atoms with E-state index in [9.17, 15) is 9.59 Å². The number of ether oxygens (including phenoxy) is 1. The fourth-order valence-electron chi connectivity index (χ4n) is 5.56. The van der Waals surface area contributed by atoms with Crippen molar-refractivity contribution < 1.29 is 14.3 Å². The van der Waals surface area contributed by atoms with E-state index < -0.39 is 0 Å². The zero-order chi connectivity index (χ0) is 18.7. The van der Waals surface area contributed by atoms with Crippen LogP contribution in [0.25, 0.3) is 5.52 Å². The number of anilines is 1. The summed E-state index contributed by atoms with van der Waals surface area (Å²) < 4.78 is 6.90. The molecule has 7 nitrogen and oxygen atoms in total. The fourth-order valence-corrected chi connectivity index (χ4v) is 5.72. The van der Waals surface area contributed by atoms with Crippen molar-refractivity contribution in [1.29, 1.82) is 0 Å². The quantitative estimate of drug-likeness (QED) is 0.626. The first-order valence-electron chi connectivity index (χ1n) is 9.56. The van der Waals surface area contributed by atoms with Gasteiger partial charge >= 0.3 is 5.97 Å². The van der Waals surface area contributed by atoms with Crippen LogP contribution in [-0.2, 0) is 9.53 Å². The molecule has 0 amide bonds. The monoisotopic (exact) mass is 388 g/mol. The Balaban J connectivity index is 1.53. The van der Waals surface area contributed by atoms with Gasteiger partial charge in [0.25, 0.3) is 0 Å². The van der Waals surface area contributed by atoms with E-state index in [0.717, 1.165) is 19.1 Å². The van der Waals surface area contributed by atoms with Crippen LogP contribution in [0.3, 0.4) is 0 Å². The number of carbonyl (C=O) groups excluding carboxylic acids is 2. The van der Waals surface area contributed by atoms with Crippen LogP contribution < -0.4 is 5.32 Å². The van der Waals surface area contributed by atoms with E-state index >= 15 is 0 Å². The summed E-state index contributed by atoms with van der Waals surface area (Å²) in [6, 6.07) is 3.45. The largest absolute Gasteiger partial charge is 0.466 e. The molecule has 0 aliphatic heterocycles. The molecule has 6 rings (SSSR count). The summed E-state index contributed by atoms with van der Waals surface area (Å²) in [7, 11) is 0. The third-order valence-corrected chi connectivity index (χ3v) is 6.79. The van der Waals surface area contributed by atoms with Crippen LogP contribution >= 0.6 is 11.6 Å². The molecule has 2 bridgehead atoms. The van der Waals surface area contributed by atoms with Crippen LogP contribution in [0.4, 0.5) is 5.82 Å². The van der Waals surface area contributed by atoms with Gasteiger partial charge in [0, 0.05) is 6.04 Å². The van der Waals surface area contributed by atoms with Crippen LogP contribution in [0.2, 0.25) is 5.28 Å². The Morgan fingerprint density at radius 2 is 2.11 bits per heavy atom. The van der Waals surface area contributed by atoms with Crippen LogP contribution in [0.5, 0.6) is 0 Å². The van der Waals surface area contributed by atoms with Crippen LogP contribution in [0.1, 0.15) is 36.7 Å². The van der Waals surface area contributed by atoms with Gasteiger partial charge in [0.2, 0.25) is 5.28 Å². The fraction of sp³-hybridized carbons (Fsp3) is 0.579. The number of esters is 1. The summed E-state index contributed by atoms with van der Waals surface area (Å²) >= 11 is 6.10. The molecule has 6 atom stereocenters. The van der Waals surface area contributed by atoms with Crippen LogP contribution in [-0.4, -0.2) is 39.5 Å². The van der Waals surface area contributed by atoms with Crippen molar-refractivity contribution >= 4 is 35.2 Å². The lowest BCUT2D eigenvalue weighted by Gasteiger charge is -2.47. The minimum Gasteiger partial charge on any atom is -0.466 e. The number of rotatable bonds is 5. The molecular weight excluding hydrogens is 368 g/mol. The third-order valence-electron chi connectivity index (χ3n) is 6.63. The van der Waals surface area contributed by atoms with Gasteiger partial charge < -0.3 is 10.1 Å². The van der Waals surface area contributed by atoms with E-state index in [1.165, 1.54) is 10.9 Å². The first-order chi connectivity index (χ1) is 13.1. The Morgan fingerprint density at radius 3 is 2.89 bits per heavy atom. The Labute approximate surface area is 161 Å². The summed E-state index contributed by atoms with van der Waals surface area (Å²) in [5, 5.41) is 7.69. The van der Waals surface area contributed by atoms with Crippen LogP contribution in [0.15, 0.2) is 12.1 Å². The van der Waals surface area contributed by atoms with Crippen molar-refractivity contribution in [2.45, 2.75) is 32.2 Å². The summed E-state index contributed by atoms with van der Waals surface area (Å²) in [4.78, 5) is 28.4. The Bertz CT molecular complexity index is 929. The Kier molecular flexibility index (Phi) is 3.89. The Morgan fingerprint density at radius 1 is 1.33 bits per heavy atom. The van der Waals surface area contributed by atoms with E-state index in [4.69, 9.17) is 16.3 Å². The molecule has 2 unspecified atom stereocenters. The van der Waals surface area contributed by atoms with E-state index in [1.807, 2.05) is 6.92 Å². The van der Waals surface area contributed by atoms with Crippen molar-refractivity contribution in [3.63, 3.8) is 0 Å². The minimum atomic E-state index is -0.165. The molecule has 2 aromatic heterocycles. The highest BCUT2D eigenvalue weighted by Gasteiger charge is 2.63. The van der Waals surface area contributed by atoms with Crippen molar-refractivity contribution in [3.8, 4) is 0 Å². The van der Waals surface area contributed by atoms with Crippen molar-refractivity contribution in [3.05, 3.63) is 23.1 Å². The van der Waals surface area contributed by atoms with Gasteiger partial charge in [0.05, 0.1) is 12.5 Å². The number of nitrogens with zero attached hydrogens (tertiary/aromatic N) is 3. The molecule has 0 radical (unpaired) electrons. The summed E-state index contributed by atoms with van der Waals surface area (Å²) in [6.45, 7) is 2.23. The number of aromatic nitrogens is 3. The lowest BCUT2D eigenvalue weighted by Crippen LogP contribution is -2.53. The maximum absolute atomic E-state index is 12.8. The molecule has 4 aliphatic carbocycles. The maximum atomic E-state index is 12.8. The highest BCUT2D eigenvalue weighted by molar-refractivity contribution is 6.28. The molecule has 0 aromatic carbocycles. The summed E-state index contributed by atoms with van der Waals surface area (Å²) in [6.07, 6.45) is 4.16. The number of nitrogens with one attached hydrogen (secondary N) is 1. The van der Waals surface area contributed by atoms with Crippen molar-refractivity contribution in [2.24, 2.45) is 29.6 Å².